The van der Waals surface area contributed by atoms with Crippen molar-refractivity contribution in [1.82, 2.24) is 0 Å². The van der Waals surface area contributed by atoms with Crippen molar-refractivity contribution < 1.29 is 19.8 Å². The van der Waals surface area contributed by atoms with E-state index in [-0.39, 0.29) is 22.2 Å². The van der Waals surface area contributed by atoms with E-state index in [1.54, 1.807) is 0 Å². The van der Waals surface area contributed by atoms with Gasteiger partial charge in [0.2, 0.25) is 0 Å². The lowest BCUT2D eigenvalue weighted by Crippen LogP contribution is -2.11. The number of anilines is 2. The molecule has 0 amide bonds. The average Bonchev–Trinajstić information content (AvgIpc) is 2.46. The fourth-order valence-corrected chi connectivity index (χ4v) is 2.24. The third-order valence-electron chi connectivity index (χ3n) is 3.55. The van der Waals surface area contributed by atoms with Gasteiger partial charge >= 0.3 is 11.9 Å². The summed E-state index contributed by atoms with van der Waals surface area (Å²) in [6.45, 7) is 6.28. The molecule has 0 heterocycles. The van der Waals surface area contributed by atoms with Crippen LogP contribution in [0.5, 0.6) is 0 Å². The maximum atomic E-state index is 11.3. The van der Waals surface area contributed by atoms with Crippen molar-refractivity contribution in [2.45, 2.75) is 26.2 Å². The van der Waals surface area contributed by atoms with E-state index in [4.69, 9.17) is 0 Å². The van der Waals surface area contributed by atoms with Crippen LogP contribution >= 0.6 is 0 Å². The van der Waals surface area contributed by atoms with Gasteiger partial charge < -0.3 is 15.5 Å². The monoisotopic (exact) mass is 313 g/mol. The van der Waals surface area contributed by atoms with Crippen LogP contribution in [0.15, 0.2) is 42.5 Å². The molecule has 2 aromatic carbocycles. The fraction of sp³-hybridized carbons (Fsp3) is 0.222. The number of para-hydroxylation sites is 1. The number of rotatable bonds is 4. The highest BCUT2D eigenvalue weighted by Crippen LogP contribution is 2.28. The quantitative estimate of drug-likeness (QED) is 0.790. The molecule has 0 saturated heterocycles. The third-order valence-corrected chi connectivity index (χ3v) is 3.55. The second-order valence-corrected chi connectivity index (χ2v) is 6.29. The van der Waals surface area contributed by atoms with Crippen LogP contribution in [0.4, 0.5) is 11.4 Å². The minimum Gasteiger partial charge on any atom is -0.478 e. The number of hydrogen-bond acceptors (Lipinski definition) is 3. The first kappa shape index (κ1) is 16.5. The van der Waals surface area contributed by atoms with E-state index in [0.29, 0.717) is 5.69 Å². The van der Waals surface area contributed by atoms with Crippen LogP contribution in [-0.4, -0.2) is 22.2 Å². The SMILES string of the molecule is CC(C)(C)c1ccc(Nc2c(C(=O)O)cccc2C(=O)O)cc1. The Balaban J connectivity index is 2.43. The molecule has 2 rings (SSSR count). The lowest BCUT2D eigenvalue weighted by Gasteiger charge is -2.19. The summed E-state index contributed by atoms with van der Waals surface area (Å²) in [6.07, 6.45) is 0. The zero-order valence-corrected chi connectivity index (χ0v) is 13.3. The fourth-order valence-electron chi connectivity index (χ4n) is 2.24. The molecule has 0 bridgehead atoms. The standard InChI is InChI=1S/C18H19NO4/c1-18(2,3)11-7-9-12(10-8-11)19-15-13(16(20)21)5-4-6-14(15)17(22)23/h4-10,19H,1-3H3,(H,20,21)(H,22,23). The molecule has 23 heavy (non-hydrogen) atoms. The first-order valence-electron chi connectivity index (χ1n) is 7.17. The van der Waals surface area contributed by atoms with Gasteiger partial charge in [-0.25, -0.2) is 9.59 Å². The molecule has 0 fully saturated rings. The minimum absolute atomic E-state index is 0.00370. The van der Waals surface area contributed by atoms with E-state index in [9.17, 15) is 19.8 Å². The molecule has 3 N–H and O–H groups in total. The number of benzene rings is 2. The summed E-state index contributed by atoms with van der Waals surface area (Å²) in [7, 11) is 0. The second kappa shape index (κ2) is 6.12. The van der Waals surface area contributed by atoms with Crippen LogP contribution in [0.1, 0.15) is 47.1 Å². The summed E-state index contributed by atoms with van der Waals surface area (Å²) < 4.78 is 0. The van der Waals surface area contributed by atoms with Crippen molar-refractivity contribution in [2.75, 3.05) is 5.32 Å². The van der Waals surface area contributed by atoms with Crippen LogP contribution in [-0.2, 0) is 5.41 Å². The van der Waals surface area contributed by atoms with E-state index < -0.39 is 11.9 Å². The van der Waals surface area contributed by atoms with Crippen LogP contribution in [0, 0.1) is 0 Å². The van der Waals surface area contributed by atoms with Gasteiger partial charge in [-0.3, -0.25) is 0 Å². The van der Waals surface area contributed by atoms with Crippen LogP contribution in [0.2, 0.25) is 0 Å². The van der Waals surface area contributed by atoms with Gasteiger partial charge in [0.1, 0.15) is 0 Å². The molecule has 0 unspecified atom stereocenters. The Morgan fingerprint density at radius 3 is 1.74 bits per heavy atom. The molecule has 0 aliphatic carbocycles. The first-order valence-corrected chi connectivity index (χ1v) is 7.17. The molecule has 5 heteroatoms. The zero-order valence-electron chi connectivity index (χ0n) is 13.3. The normalized spacial score (nSPS) is 11.1. The van der Waals surface area contributed by atoms with Gasteiger partial charge in [0.25, 0.3) is 0 Å². The van der Waals surface area contributed by atoms with E-state index in [1.165, 1.54) is 18.2 Å². The molecule has 2 aromatic rings. The molecule has 0 aliphatic heterocycles. The predicted octanol–water partition coefficient (Wildman–Crippen LogP) is 4.12. The molecule has 0 spiro atoms. The topological polar surface area (TPSA) is 86.6 Å². The number of carboxylic acids is 2. The van der Waals surface area contributed by atoms with Gasteiger partial charge in [-0.15, -0.1) is 0 Å². The van der Waals surface area contributed by atoms with Crippen molar-refractivity contribution in [1.29, 1.82) is 0 Å². The smallest absolute Gasteiger partial charge is 0.337 e. The first-order chi connectivity index (χ1) is 10.7. The summed E-state index contributed by atoms with van der Waals surface area (Å²) in [4.78, 5) is 22.7. The molecule has 0 aliphatic rings. The lowest BCUT2D eigenvalue weighted by atomic mass is 9.87. The number of nitrogens with one attached hydrogen (secondary N) is 1. The van der Waals surface area contributed by atoms with Gasteiger partial charge in [0.05, 0.1) is 16.8 Å². The Morgan fingerprint density at radius 2 is 1.35 bits per heavy atom. The number of carboxylic acid groups (broad SMARTS) is 2. The van der Waals surface area contributed by atoms with E-state index in [0.717, 1.165) is 5.56 Å². The van der Waals surface area contributed by atoms with Crippen molar-refractivity contribution in [3.63, 3.8) is 0 Å². The average molecular weight is 313 g/mol. The summed E-state index contributed by atoms with van der Waals surface area (Å²) in [5, 5.41) is 21.5. The van der Waals surface area contributed by atoms with Gasteiger partial charge in [0, 0.05) is 5.69 Å². The summed E-state index contributed by atoms with van der Waals surface area (Å²) >= 11 is 0. The number of carbonyl (C=O) groups is 2. The van der Waals surface area contributed by atoms with Crippen molar-refractivity contribution >= 4 is 23.3 Å². The molecule has 5 nitrogen and oxygen atoms in total. The highest BCUT2D eigenvalue weighted by molar-refractivity contribution is 6.04. The summed E-state index contributed by atoms with van der Waals surface area (Å²) in [5.74, 6) is -2.36. The van der Waals surface area contributed by atoms with E-state index >= 15 is 0 Å². The number of aromatic carboxylic acids is 2. The molecule has 0 radical (unpaired) electrons. The molecule has 120 valence electrons. The summed E-state index contributed by atoms with van der Waals surface area (Å²) in [5.41, 5.74) is 1.69. The van der Waals surface area contributed by atoms with Crippen molar-refractivity contribution in [2.24, 2.45) is 0 Å². The molecular weight excluding hydrogens is 294 g/mol. The summed E-state index contributed by atoms with van der Waals surface area (Å²) in [6, 6.07) is 11.7. The van der Waals surface area contributed by atoms with Crippen molar-refractivity contribution in [3.8, 4) is 0 Å². The third kappa shape index (κ3) is 3.69. The largest absolute Gasteiger partial charge is 0.478 e. The van der Waals surface area contributed by atoms with Crippen molar-refractivity contribution in [3.05, 3.63) is 59.2 Å². The highest BCUT2D eigenvalue weighted by Gasteiger charge is 2.19. The zero-order chi connectivity index (χ0) is 17.2. The Hall–Kier alpha value is -2.82. The Bertz CT molecular complexity index is 710. The predicted molar refractivity (Wildman–Crippen MR) is 88.8 cm³/mol. The van der Waals surface area contributed by atoms with Crippen LogP contribution in [0.3, 0.4) is 0 Å². The van der Waals surface area contributed by atoms with Gasteiger partial charge in [-0.05, 0) is 35.2 Å². The van der Waals surface area contributed by atoms with Gasteiger partial charge in [-0.1, -0.05) is 39.0 Å². The molecule has 0 atom stereocenters. The molecule has 0 saturated carbocycles. The lowest BCUT2D eigenvalue weighted by molar-refractivity contribution is 0.0696. The Labute approximate surface area is 134 Å². The maximum absolute atomic E-state index is 11.3. The molecular formula is C18H19NO4. The van der Waals surface area contributed by atoms with E-state index in [2.05, 4.69) is 26.1 Å². The van der Waals surface area contributed by atoms with Gasteiger partial charge in [0.15, 0.2) is 0 Å². The minimum atomic E-state index is -1.18. The highest BCUT2D eigenvalue weighted by atomic mass is 16.4. The Morgan fingerprint density at radius 1 is 0.870 bits per heavy atom. The van der Waals surface area contributed by atoms with Gasteiger partial charge in [-0.2, -0.15) is 0 Å². The number of hydrogen-bond donors (Lipinski definition) is 3. The van der Waals surface area contributed by atoms with Crippen LogP contribution in [0.25, 0.3) is 0 Å². The van der Waals surface area contributed by atoms with E-state index in [1.807, 2.05) is 24.3 Å². The maximum Gasteiger partial charge on any atom is 0.337 e. The molecule has 0 aromatic heterocycles. The second-order valence-electron chi connectivity index (χ2n) is 6.29. The van der Waals surface area contributed by atoms with Crippen LogP contribution < -0.4 is 5.32 Å². The Kier molecular flexibility index (Phi) is 4.40.